The van der Waals surface area contributed by atoms with Crippen LogP contribution in [-0.2, 0) is 9.53 Å². The van der Waals surface area contributed by atoms with Crippen molar-refractivity contribution >= 4 is 5.97 Å². The molecule has 0 fully saturated rings. The Labute approximate surface area is 98.7 Å². The van der Waals surface area contributed by atoms with E-state index in [0.717, 1.165) is 25.7 Å². The first-order valence-corrected chi connectivity index (χ1v) is 5.91. The van der Waals surface area contributed by atoms with E-state index in [2.05, 4.69) is 36.0 Å². The number of hydrogen-bond donors (Lipinski definition) is 0. The zero-order valence-corrected chi connectivity index (χ0v) is 10.3. The summed E-state index contributed by atoms with van der Waals surface area (Å²) < 4.78 is 4.67. The van der Waals surface area contributed by atoms with Gasteiger partial charge in [0, 0.05) is 6.92 Å². The smallest absolute Gasteiger partial charge is 0.307 e. The lowest BCUT2D eigenvalue weighted by molar-refractivity contribution is -0.135. The van der Waals surface area contributed by atoms with Gasteiger partial charge in [-0.1, -0.05) is 31.2 Å². The molecule has 0 aromatic heterocycles. The van der Waals surface area contributed by atoms with Gasteiger partial charge in [-0.2, -0.15) is 0 Å². The summed E-state index contributed by atoms with van der Waals surface area (Å²) in [6, 6.07) is 0. The van der Waals surface area contributed by atoms with Gasteiger partial charge in [0.1, 0.15) is 0 Å². The lowest BCUT2D eigenvalue weighted by Crippen LogP contribution is -1.89. The molecule has 0 unspecified atom stereocenters. The molecule has 0 saturated heterocycles. The summed E-state index contributed by atoms with van der Waals surface area (Å²) in [5.74, 6) is -0.262. The molecule has 16 heavy (non-hydrogen) atoms. The first-order valence-electron chi connectivity index (χ1n) is 5.91. The number of unbranched alkanes of at least 4 members (excludes halogenated alkanes) is 3. The van der Waals surface area contributed by atoms with Gasteiger partial charge in [-0.25, -0.2) is 0 Å². The first-order chi connectivity index (χ1) is 7.77. The maximum absolute atomic E-state index is 10.4. The van der Waals surface area contributed by atoms with Gasteiger partial charge >= 0.3 is 5.97 Å². The van der Waals surface area contributed by atoms with Crippen molar-refractivity contribution in [3.63, 3.8) is 0 Å². The lowest BCUT2D eigenvalue weighted by atomic mass is 10.2. The predicted octanol–water partition coefficient (Wildman–Crippen LogP) is 4.15. The van der Waals surface area contributed by atoms with Gasteiger partial charge in [0.05, 0.1) is 6.26 Å². The highest BCUT2D eigenvalue weighted by molar-refractivity contribution is 5.66. The molecule has 0 aliphatic carbocycles. The van der Waals surface area contributed by atoms with Gasteiger partial charge in [-0.15, -0.1) is 0 Å². The largest absolute Gasteiger partial charge is 0.435 e. The number of carbonyl (C=O) groups is 1. The van der Waals surface area contributed by atoms with Crippen LogP contribution in [0.3, 0.4) is 0 Å². The van der Waals surface area contributed by atoms with E-state index in [-0.39, 0.29) is 5.97 Å². The Morgan fingerprint density at radius 1 is 1.06 bits per heavy atom. The van der Waals surface area contributed by atoms with E-state index >= 15 is 0 Å². The highest BCUT2D eigenvalue weighted by Crippen LogP contribution is 2.02. The molecule has 0 heterocycles. The van der Waals surface area contributed by atoms with Gasteiger partial charge in [0.15, 0.2) is 0 Å². The molecular formula is C14H22O2. The van der Waals surface area contributed by atoms with E-state index in [1.165, 1.54) is 19.6 Å². The molecule has 0 rings (SSSR count). The Balaban J connectivity index is 3.27. The Morgan fingerprint density at radius 2 is 1.69 bits per heavy atom. The van der Waals surface area contributed by atoms with E-state index in [4.69, 9.17) is 0 Å². The van der Waals surface area contributed by atoms with E-state index < -0.39 is 0 Å². The number of allylic oxidation sites excluding steroid dienone is 5. The Hall–Kier alpha value is -1.31. The van der Waals surface area contributed by atoms with Gasteiger partial charge in [0.25, 0.3) is 0 Å². The lowest BCUT2D eigenvalue weighted by Gasteiger charge is -1.93. The summed E-state index contributed by atoms with van der Waals surface area (Å²) >= 11 is 0. The zero-order chi connectivity index (χ0) is 12.1. The Bertz CT molecular complexity index is 249. The van der Waals surface area contributed by atoms with Crippen LogP contribution in [0.2, 0.25) is 0 Å². The summed E-state index contributed by atoms with van der Waals surface area (Å²) in [6.07, 6.45) is 17.3. The van der Waals surface area contributed by atoms with Crippen LogP contribution in [0, 0.1) is 0 Å². The molecule has 0 aliphatic rings. The molecule has 90 valence electrons. The van der Waals surface area contributed by atoms with Crippen LogP contribution in [-0.4, -0.2) is 5.97 Å². The normalized spacial score (nSPS) is 11.9. The molecule has 0 atom stereocenters. The van der Waals surface area contributed by atoms with Crippen LogP contribution in [0.25, 0.3) is 0 Å². The zero-order valence-electron chi connectivity index (χ0n) is 10.3. The Kier molecular flexibility index (Phi) is 10.8. The topological polar surface area (TPSA) is 26.3 Å². The third-order valence-electron chi connectivity index (χ3n) is 1.94. The minimum absolute atomic E-state index is 0.262. The average Bonchev–Trinajstić information content (AvgIpc) is 2.25. The van der Waals surface area contributed by atoms with Crippen molar-refractivity contribution in [1.29, 1.82) is 0 Å². The molecule has 0 aromatic rings. The van der Waals surface area contributed by atoms with Crippen molar-refractivity contribution in [3.8, 4) is 0 Å². The second kappa shape index (κ2) is 11.8. The number of rotatable bonds is 8. The third-order valence-corrected chi connectivity index (χ3v) is 1.94. The van der Waals surface area contributed by atoms with Crippen molar-refractivity contribution in [2.24, 2.45) is 0 Å². The molecule has 0 aromatic carbocycles. The standard InChI is InChI=1S/C14H22O2/c1-3-4-5-6-7-8-9-10-11-12-13-16-14(2)15/h4-7,12-13H,3,8-11H2,1-2H3/b5-4?,7-6?,13-12-. The minimum atomic E-state index is -0.262. The molecule has 2 heteroatoms. The molecule has 0 amide bonds. The van der Waals surface area contributed by atoms with Crippen LogP contribution >= 0.6 is 0 Å². The van der Waals surface area contributed by atoms with Crippen LogP contribution < -0.4 is 0 Å². The first kappa shape index (κ1) is 14.7. The van der Waals surface area contributed by atoms with E-state index in [0.29, 0.717) is 0 Å². The molecule has 0 spiro atoms. The van der Waals surface area contributed by atoms with E-state index in [9.17, 15) is 4.79 Å². The summed E-state index contributed by atoms with van der Waals surface area (Å²) in [5, 5.41) is 0. The highest BCUT2D eigenvalue weighted by atomic mass is 16.5. The second-order valence-electron chi connectivity index (χ2n) is 3.53. The summed E-state index contributed by atoms with van der Waals surface area (Å²) in [6.45, 7) is 3.53. The predicted molar refractivity (Wildman–Crippen MR) is 67.9 cm³/mol. The third kappa shape index (κ3) is 12.7. The maximum atomic E-state index is 10.4. The summed E-state index contributed by atoms with van der Waals surface area (Å²) in [4.78, 5) is 10.4. The van der Waals surface area contributed by atoms with Crippen LogP contribution in [0.4, 0.5) is 0 Å². The summed E-state index contributed by atoms with van der Waals surface area (Å²) in [5.41, 5.74) is 0. The fourth-order valence-electron chi connectivity index (χ4n) is 1.13. The second-order valence-corrected chi connectivity index (χ2v) is 3.53. The SMILES string of the molecule is CCC=CC=CCCCC/C=C\OC(C)=O. The number of carbonyl (C=O) groups excluding carboxylic acids is 1. The molecule has 0 saturated carbocycles. The quantitative estimate of drug-likeness (QED) is 0.267. The van der Waals surface area contributed by atoms with Crippen LogP contribution in [0.15, 0.2) is 36.6 Å². The van der Waals surface area contributed by atoms with Gasteiger partial charge in [-0.05, 0) is 38.2 Å². The number of hydrogen-bond acceptors (Lipinski definition) is 2. The van der Waals surface area contributed by atoms with Gasteiger partial charge in [-0.3, -0.25) is 4.79 Å². The average molecular weight is 222 g/mol. The molecule has 0 radical (unpaired) electrons. The number of esters is 1. The van der Waals surface area contributed by atoms with Crippen molar-refractivity contribution < 1.29 is 9.53 Å². The monoisotopic (exact) mass is 222 g/mol. The molecule has 0 N–H and O–H groups in total. The Morgan fingerprint density at radius 3 is 2.31 bits per heavy atom. The van der Waals surface area contributed by atoms with Crippen LogP contribution in [0.1, 0.15) is 46.0 Å². The molecule has 0 aliphatic heterocycles. The van der Waals surface area contributed by atoms with E-state index in [1.807, 2.05) is 6.08 Å². The van der Waals surface area contributed by atoms with Crippen LogP contribution in [0.5, 0.6) is 0 Å². The molecular weight excluding hydrogens is 200 g/mol. The minimum Gasteiger partial charge on any atom is -0.435 e. The van der Waals surface area contributed by atoms with Crippen molar-refractivity contribution in [1.82, 2.24) is 0 Å². The van der Waals surface area contributed by atoms with Crippen molar-refractivity contribution in [3.05, 3.63) is 36.6 Å². The fraction of sp³-hybridized carbons (Fsp3) is 0.500. The highest BCUT2D eigenvalue weighted by Gasteiger charge is 1.86. The molecule has 2 nitrogen and oxygen atoms in total. The summed E-state index contributed by atoms with van der Waals surface area (Å²) in [7, 11) is 0. The van der Waals surface area contributed by atoms with Crippen molar-refractivity contribution in [2.45, 2.75) is 46.0 Å². The van der Waals surface area contributed by atoms with Gasteiger partial charge in [0.2, 0.25) is 0 Å². The van der Waals surface area contributed by atoms with E-state index in [1.54, 1.807) is 0 Å². The molecule has 0 bridgehead atoms. The van der Waals surface area contributed by atoms with Gasteiger partial charge < -0.3 is 4.74 Å². The fourth-order valence-corrected chi connectivity index (χ4v) is 1.13. The number of ether oxygens (including phenoxy) is 1. The van der Waals surface area contributed by atoms with Crippen molar-refractivity contribution in [2.75, 3.05) is 0 Å². The maximum Gasteiger partial charge on any atom is 0.307 e.